The van der Waals surface area contributed by atoms with E-state index in [0.29, 0.717) is 17.5 Å². The summed E-state index contributed by atoms with van der Waals surface area (Å²) in [5, 5.41) is 7.99. The standard InChI is InChI=1S/C16H18N2O4S/c1-9-4-5-10(2)12(6-9)20-8-14-17-18-16(22-14)23-13-7-11(3)21-15(13)19/h4-6,11,13H,7-8H2,1-3H3/t11-,13-/m1/s1. The maximum Gasteiger partial charge on any atom is 0.320 e. The van der Waals surface area contributed by atoms with Crippen LogP contribution in [-0.4, -0.2) is 27.5 Å². The number of thioether (sulfide) groups is 1. The van der Waals surface area contributed by atoms with Gasteiger partial charge in [0, 0.05) is 6.42 Å². The largest absolute Gasteiger partial charge is 0.484 e. The Hall–Kier alpha value is -2.02. The molecule has 2 heterocycles. The van der Waals surface area contributed by atoms with Gasteiger partial charge in [0.2, 0.25) is 0 Å². The quantitative estimate of drug-likeness (QED) is 0.778. The summed E-state index contributed by atoms with van der Waals surface area (Å²) in [7, 11) is 0. The molecule has 3 rings (SSSR count). The van der Waals surface area contributed by atoms with E-state index < -0.39 is 0 Å². The van der Waals surface area contributed by atoms with E-state index in [4.69, 9.17) is 13.9 Å². The third-order valence-corrected chi connectivity index (χ3v) is 4.55. The van der Waals surface area contributed by atoms with Crippen LogP contribution in [0.2, 0.25) is 0 Å². The van der Waals surface area contributed by atoms with Gasteiger partial charge in [-0.05, 0) is 49.7 Å². The summed E-state index contributed by atoms with van der Waals surface area (Å²) in [5.41, 5.74) is 2.17. The van der Waals surface area contributed by atoms with Crippen molar-refractivity contribution in [2.45, 2.75) is 50.4 Å². The number of ether oxygens (including phenoxy) is 2. The Kier molecular flexibility index (Phi) is 4.56. The monoisotopic (exact) mass is 334 g/mol. The van der Waals surface area contributed by atoms with Crippen LogP contribution in [0, 0.1) is 13.8 Å². The molecule has 1 fully saturated rings. The first-order valence-corrected chi connectivity index (χ1v) is 8.29. The molecule has 1 aliphatic rings. The van der Waals surface area contributed by atoms with Crippen molar-refractivity contribution in [1.82, 2.24) is 10.2 Å². The van der Waals surface area contributed by atoms with Gasteiger partial charge in [0.1, 0.15) is 17.1 Å². The van der Waals surface area contributed by atoms with E-state index in [2.05, 4.69) is 10.2 Å². The Morgan fingerprint density at radius 3 is 2.91 bits per heavy atom. The van der Waals surface area contributed by atoms with E-state index in [9.17, 15) is 4.79 Å². The Balaban J connectivity index is 1.59. The van der Waals surface area contributed by atoms with Gasteiger partial charge in [-0.25, -0.2) is 0 Å². The summed E-state index contributed by atoms with van der Waals surface area (Å²) in [5.74, 6) is 0.951. The molecule has 0 unspecified atom stereocenters. The minimum absolute atomic E-state index is 0.0602. The molecule has 0 aliphatic carbocycles. The fourth-order valence-corrected chi connectivity index (χ4v) is 3.28. The minimum Gasteiger partial charge on any atom is -0.484 e. The molecule has 1 saturated heterocycles. The molecule has 1 aromatic carbocycles. The lowest BCUT2D eigenvalue weighted by Crippen LogP contribution is -2.09. The van der Waals surface area contributed by atoms with Crippen molar-refractivity contribution in [1.29, 1.82) is 0 Å². The summed E-state index contributed by atoms with van der Waals surface area (Å²) < 4.78 is 16.4. The second kappa shape index (κ2) is 6.62. The van der Waals surface area contributed by atoms with Crippen LogP contribution in [0.1, 0.15) is 30.4 Å². The zero-order valence-corrected chi connectivity index (χ0v) is 14.1. The van der Waals surface area contributed by atoms with Crippen LogP contribution in [-0.2, 0) is 16.1 Å². The van der Waals surface area contributed by atoms with Crippen LogP contribution in [0.15, 0.2) is 27.8 Å². The molecule has 0 spiro atoms. The first-order valence-electron chi connectivity index (χ1n) is 7.41. The van der Waals surface area contributed by atoms with Gasteiger partial charge in [-0.1, -0.05) is 12.1 Å². The third-order valence-electron chi connectivity index (χ3n) is 3.51. The second-order valence-electron chi connectivity index (χ2n) is 5.61. The normalized spacial score (nSPS) is 20.6. The topological polar surface area (TPSA) is 74.5 Å². The molecule has 1 aliphatic heterocycles. The number of benzene rings is 1. The summed E-state index contributed by atoms with van der Waals surface area (Å²) >= 11 is 1.24. The molecular formula is C16H18N2O4S. The molecule has 0 radical (unpaired) electrons. The Morgan fingerprint density at radius 1 is 1.35 bits per heavy atom. The number of esters is 1. The highest BCUT2D eigenvalue weighted by atomic mass is 32.2. The van der Waals surface area contributed by atoms with Crippen molar-refractivity contribution < 1.29 is 18.7 Å². The summed E-state index contributed by atoms with van der Waals surface area (Å²) in [6.45, 7) is 6.06. The van der Waals surface area contributed by atoms with Crippen LogP contribution in [0.5, 0.6) is 5.75 Å². The number of hydrogen-bond donors (Lipinski definition) is 0. The number of rotatable bonds is 5. The molecule has 0 N–H and O–H groups in total. The molecule has 122 valence electrons. The third kappa shape index (κ3) is 3.85. The smallest absolute Gasteiger partial charge is 0.320 e. The highest BCUT2D eigenvalue weighted by Gasteiger charge is 2.34. The van der Waals surface area contributed by atoms with Crippen LogP contribution < -0.4 is 4.74 Å². The van der Waals surface area contributed by atoms with Gasteiger partial charge >= 0.3 is 5.97 Å². The zero-order valence-electron chi connectivity index (χ0n) is 13.2. The molecule has 23 heavy (non-hydrogen) atoms. The molecule has 2 aromatic rings. The zero-order chi connectivity index (χ0) is 16.4. The van der Waals surface area contributed by atoms with E-state index in [1.807, 2.05) is 39.0 Å². The molecule has 2 atom stereocenters. The van der Waals surface area contributed by atoms with Crippen LogP contribution >= 0.6 is 11.8 Å². The number of carbonyl (C=O) groups excluding carboxylic acids is 1. The SMILES string of the molecule is Cc1ccc(C)c(OCc2nnc(S[C@@H]3C[C@@H](C)OC3=O)o2)c1. The van der Waals surface area contributed by atoms with E-state index in [0.717, 1.165) is 16.9 Å². The molecule has 6 nitrogen and oxygen atoms in total. The van der Waals surface area contributed by atoms with Gasteiger partial charge in [0.15, 0.2) is 6.61 Å². The fraction of sp³-hybridized carbons (Fsp3) is 0.438. The maximum absolute atomic E-state index is 11.6. The highest BCUT2D eigenvalue weighted by molar-refractivity contribution is 8.00. The van der Waals surface area contributed by atoms with Crippen molar-refractivity contribution in [3.8, 4) is 5.75 Å². The van der Waals surface area contributed by atoms with Gasteiger partial charge in [0.25, 0.3) is 11.1 Å². The van der Waals surface area contributed by atoms with Gasteiger partial charge in [-0.15, -0.1) is 10.2 Å². The number of aryl methyl sites for hydroxylation is 2. The number of aromatic nitrogens is 2. The highest BCUT2D eigenvalue weighted by Crippen LogP contribution is 2.31. The van der Waals surface area contributed by atoms with Gasteiger partial charge in [0.05, 0.1) is 0 Å². The molecular weight excluding hydrogens is 316 g/mol. The summed E-state index contributed by atoms with van der Waals surface area (Å²) in [4.78, 5) is 11.6. The van der Waals surface area contributed by atoms with Gasteiger partial charge in [-0.3, -0.25) is 4.79 Å². The lowest BCUT2D eigenvalue weighted by Gasteiger charge is -2.07. The molecule has 7 heteroatoms. The summed E-state index contributed by atoms with van der Waals surface area (Å²) in [6, 6.07) is 6.01. The van der Waals surface area contributed by atoms with Crippen LogP contribution in [0.3, 0.4) is 0 Å². The molecule has 0 amide bonds. The van der Waals surface area contributed by atoms with E-state index in [-0.39, 0.29) is 23.9 Å². The number of nitrogens with zero attached hydrogens (tertiary/aromatic N) is 2. The second-order valence-corrected chi connectivity index (χ2v) is 6.76. The Bertz CT molecular complexity index is 716. The van der Waals surface area contributed by atoms with Crippen molar-refractivity contribution in [2.24, 2.45) is 0 Å². The molecule has 0 saturated carbocycles. The molecule has 1 aromatic heterocycles. The number of hydrogen-bond acceptors (Lipinski definition) is 7. The Labute approximate surface area is 138 Å². The van der Waals surface area contributed by atoms with Crippen molar-refractivity contribution in [3.63, 3.8) is 0 Å². The molecule has 0 bridgehead atoms. The summed E-state index contributed by atoms with van der Waals surface area (Å²) in [6.07, 6.45) is 0.593. The van der Waals surface area contributed by atoms with Crippen LogP contribution in [0.4, 0.5) is 0 Å². The van der Waals surface area contributed by atoms with Gasteiger partial charge in [-0.2, -0.15) is 0 Å². The number of carbonyl (C=O) groups is 1. The minimum atomic E-state index is -0.279. The predicted molar refractivity (Wildman–Crippen MR) is 84.4 cm³/mol. The van der Waals surface area contributed by atoms with Crippen LogP contribution in [0.25, 0.3) is 0 Å². The fourth-order valence-electron chi connectivity index (χ4n) is 2.28. The first kappa shape index (κ1) is 15.9. The average molecular weight is 334 g/mol. The van der Waals surface area contributed by atoms with E-state index in [1.54, 1.807) is 0 Å². The first-order chi connectivity index (χ1) is 11.0. The lowest BCUT2D eigenvalue weighted by molar-refractivity contribution is -0.140. The van der Waals surface area contributed by atoms with Crippen molar-refractivity contribution in [2.75, 3.05) is 0 Å². The van der Waals surface area contributed by atoms with Crippen molar-refractivity contribution >= 4 is 17.7 Å². The Morgan fingerprint density at radius 2 is 2.17 bits per heavy atom. The maximum atomic E-state index is 11.6. The van der Waals surface area contributed by atoms with E-state index >= 15 is 0 Å². The van der Waals surface area contributed by atoms with E-state index in [1.165, 1.54) is 11.8 Å². The number of cyclic esters (lactones) is 1. The average Bonchev–Trinajstić information content (AvgIpc) is 3.07. The predicted octanol–water partition coefficient (Wildman–Crippen LogP) is 3.06. The lowest BCUT2D eigenvalue weighted by atomic mass is 10.1. The van der Waals surface area contributed by atoms with Crippen molar-refractivity contribution in [3.05, 3.63) is 35.2 Å². The van der Waals surface area contributed by atoms with Gasteiger partial charge < -0.3 is 13.9 Å².